The van der Waals surface area contributed by atoms with E-state index < -0.39 is 15.6 Å². The Morgan fingerprint density at radius 2 is 1.90 bits per heavy atom. The number of ether oxygens (including phenoxy) is 1. The number of hydrogen-bond donors (Lipinski definition) is 2. The normalized spacial score (nSPS) is 16.6. The highest BCUT2D eigenvalue weighted by molar-refractivity contribution is 7.92. The molecule has 1 aromatic heterocycles. The number of amides is 1. The number of aromatic nitrogens is 1. The number of anilines is 1. The molecule has 1 saturated heterocycles. The second-order valence-electron chi connectivity index (χ2n) is 7.14. The molecule has 1 unspecified atom stereocenters. The third kappa shape index (κ3) is 5.24. The molecule has 2 aromatic rings. The lowest BCUT2D eigenvalue weighted by Gasteiger charge is -2.15. The minimum absolute atomic E-state index is 0.00409. The standard InChI is InChI=1S/C20H25N3O5S/c1-14-5-8-17(9-6-14)29(26,27)22-18-10-7-15(2)23(20(18)25)13-19(24)21-12-16-4-3-11-28-16/h5-10,16,22H,3-4,11-13H2,1-2H3,(H,21,24). The fourth-order valence-corrected chi connectivity index (χ4v) is 4.16. The Labute approximate surface area is 169 Å². The first-order valence-electron chi connectivity index (χ1n) is 9.44. The number of nitrogens with zero attached hydrogens (tertiary/aromatic N) is 1. The topological polar surface area (TPSA) is 106 Å². The number of hydrogen-bond acceptors (Lipinski definition) is 5. The monoisotopic (exact) mass is 419 g/mol. The third-order valence-corrected chi connectivity index (χ3v) is 6.20. The smallest absolute Gasteiger partial charge is 0.275 e. The zero-order valence-corrected chi connectivity index (χ0v) is 17.3. The number of aryl methyl sites for hydroxylation is 2. The molecule has 0 spiro atoms. The summed E-state index contributed by atoms with van der Waals surface area (Å²) in [5, 5.41) is 2.76. The molecule has 1 aliphatic rings. The van der Waals surface area contributed by atoms with Crippen LogP contribution in [0.15, 0.2) is 46.1 Å². The highest BCUT2D eigenvalue weighted by Crippen LogP contribution is 2.15. The van der Waals surface area contributed by atoms with Crippen molar-refractivity contribution in [2.24, 2.45) is 0 Å². The van der Waals surface area contributed by atoms with Gasteiger partial charge in [-0.25, -0.2) is 8.42 Å². The molecule has 1 aromatic carbocycles. The van der Waals surface area contributed by atoms with Crippen molar-refractivity contribution in [1.29, 1.82) is 0 Å². The minimum atomic E-state index is -3.91. The second kappa shape index (κ2) is 8.79. The first kappa shape index (κ1) is 21.1. The van der Waals surface area contributed by atoms with Crippen LogP contribution < -0.4 is 15.6 Å². The van der Waals surface area contributed by atoms with Crippen LogP contribution in [0.25, 0.3) is 0 Å². The van der Waals surface area contributed by atoms with E-state index in [1.54, 1.807) is 25.1 Å². The molecule has 156 valence electrons. The quantitative estimate of drug-likeness (QED) is 0.708. The van der Waals surface area contributed by atoms with Gasteiger partial charge in [-0.1, -0.05) is 17.7 Å². The summed E-state index contributed by atoms with van der Waals surface area (Å²) in [7, 11) is -3.91. The lowest BCUT2D eigenvalue weighted by Crippen LogP contribution is -2.37. The summed E-state index contributed by atoms with van der Waals surface area (Å²) in [6.07, 6.45) is 1.88. The Kier molecular flexibility index (Phi) is 6.39. The Bertz CT molecular complexity index is 1040. The molecule has 9 heteroatoms. The van der Waals surface area contributed by atoms with Gasteiger partial charge in [-0.3, -0.25) is 14.3 Å². The Hall–Kier alpha value is -2.65. The van der Waals surface area contributed by atoms with Crippen LogP contribution >= 0.6 is 0 Å². The van der Waals surface area contributed by atoms with Gasteiger partial charge in [0.15, 0.2) is 0 Å². The molecule has 3 rings (SSSR count). The average molecular weight is 420 g/mol. The zero-order valence-electron chi connectivity index (χ0n) is 16.5. The van der Waals surface area contributed by atoms with Crippen molar-refractivity contribution in [3.8, 4) is 0 Å². The summed E-state index contributed by atoms with van der Waals surface area (Å²) in [6.45, 7) is 4.44. The SMILES string of the molecule is Cc1ccc(S(=O)(=O)Nc2ccc(C)n(CC(=O)NCC3CCCO3)c2=O)cc1. The average Bonchev–Trinajstić information content (AvgIpc) is 3.20. The summed E-state index contributed by atoms with van der Waals surface area (Å²) >= 11 is 0. The van der Waals surface area contributed by atoms with E-state index in [0.717, 1.165) is 18.4 Å². The first-order chi connectivity index (χ1) is 13.8. The van der Waals surface area contributed by atoms with Crippen LogP contribution in [0.4, 0.5) is 5.69 Å². The zero-order chi connectivity index (χ0) is 21.0. The molecular formula is C20H25N3O5S. The molecule has 29 heavy (non-hydrogen) atoms. The van der Waals surface area contributed by atoms with Gasteiger partial charge in [0.25, 0.3) is 15.6 Å². The highest BCUT2D eigenvalue weighted by atomic mass is 32.2. The molecule has 2 heterocycles. The van der Waals surface area contributed by atoms with Crippen LogP contribution in [0, 0.1) is 13.8 Å². The molecule has 0 saturated carbocycles. The Morgan fingerprint density at radius 3 is 2.55 bits per heavy atom. The van der Waals surface area contributed by atoms with Crippen LogP contribution in [0.5, 0.6) is 0 Å². The van der Waals surface area contributed by atoms with Gasteiger partial charge in [0.2, 0.25) is 5.91 Å². The lowest BCUT2D eigenvalue weighted by atomic mass is 10.2. The predicted molar refractivity (Wildman–Crippen MR) is 109 cm³/mol. The number of benzene rings is 1. The van der Waals surface area contributed by atoms with Crippen LogP contribution in [0.3, 0.4) is 0 Å². The third-order valence-electron chi connectivity index (χ3n) is 4.82. The van der Waals surface area contributed by atoms with Crippen molar-refractivity contribution in [2.45, 2.75) is 44.2 Å². The van der Waals surface area contributed by atoms with E-state index in [-0.39, 0.29) is 29.1 Å². The van der Waals surface area contributed by atoms with E-state index >= 15 is 0 Å². The van der Waals surface area contributed by atoms with Crippen molar-refractivity contribution in [3.05, 3.63) is 58.0 Å². The van der Waals surface area contributed by atoms with Crippen LogP contribution in [0.1, 0.15) is 24.1 Å². The summed E-state index contributed by atoms with van der Waals surface area (Å²) in [5.41, 5.74) is 0.798. The molecule has 2 N–H and O–H groups in total. The van der Waals surface area contributed by atoms with E-state index in [2.05, 4.69) is 10.0 Å². The van der Waals surface area contributed by atoms with Crippen LogP contribution in [-0.2, 0) is 26.1 Å². The number of nitrogens with one attached hydrogen (secondary N) is 2. The van der Waals surface area contributed by atoms with Gasteiger partial charge in [-0.2, -0.15) is 0 Å². The van der Waals surface area contributed by atoms with Gasteiger partial charge in [-0.05, 0) is 51.0 Å². The van der Waals surface area contributed by atoms with Gasteiger partial charge in [0.05, 0.1) is 11.0 Å². The van der Waals surface area contributed by atoms with E-state index in [0.29, 0.717) is 18.8 Å². The fraction of sp³-hybridized carbons (Fsp3) is 0.400. The summed E-state index contributed by atoms with van der Waals surface area (Å²) in [5.74, 6) is -0.329. The number of carbonyl (C=O) groups excluding carboxylic acids is 1. The molecule has 0 radical (unpaired) electrons. The van der Waals surface area contributed by atoms with Crippen molar-refractivity contribution in [1.82, 2.24) is 9.88 Å². The van der Waals surface area contributed by atoms with Gasteiger partial charge < -0.3 is 14.6 Å². The maximum absolute atomic E-state index is 12.8. The van der Waals surface area contributed by atoms with Gasteiger partial charge in [-0.15, -0.1) is 0 Å². The Morgan fingerprint density at radius 1 is 1.17 bits per heavy atom. The van der Waals surface area contributed by atoms with Crippen molar-refractivity contribution in [2.75, 3.05) is 17.9 Å². The van der Waals surface area contributed by atoms with Crippen molar-refractivity contribution in [3.63, 3.8) is 0 Å². The van der Waals surface area contributed by atoms with Crippen molar-refractivity contribution < 1.29 is 17.9 Å². The summed E-state index contributed by atoms with van der Waals surface area (Å²) < 4.78 is 34.2. The number of rotatable bonds is 7. The van der Waals surface area contributed by atoms with Crippen LogP contribution in [0.2, 0.25) is 0 Å². The second-order valence-corrected chi connectivity index (χ2v) is 8.82. The van der Waals surface area contributed by atoms with Gasteiger partial charge in [0, 0.05) is 18.8 Å². The van der Waals surface area contributed by atoms with Crippen molar-refractivity contribution >= 4 is 21.6 Å². The first-order valence-corrected chi connectivity index (χ1v) is 10.9. The number of carbonyl (C=O) groups is 1. The molecular weight excluding hydrogens is 394 g/mol. The molecule has 0 bridgehead atoms. The van der Waals surface area contributed by atoms with E-state index in [9.17, 15) is 18.0 Å². The fourth-order valence-electron chi connectivity index (χ4n) is 3.10. The summed E-state index contributed by atoms with van der Waals surface area (Å²) in [4.78, 5) is 25.1. The van der Waals surface area contributed by atoms with Gasteiger partial charge in [0.1, 0.15) is 12.2 Å². The maximum Gasteiger partial charge on any atom is 0.275 e. The molecule has 1 fully saturated rings. The lowest BCUT2D eigenvalue weighted by molar-refractivity contribution is -0.122. The van der Waals surface area contributed by atoms with E-state index in [1.165, 1.54) is 22.8 Å². The van der Waals surface area contributed by atoms with E-state index in [4.69, 9.17) is 4.74 Å². The van der Waals surface area contributed by atoms with Crippen LogP contribution in [-0.4, -0.2) is 38.1 Å². The highest BCUT2D eigenvalue weighted by Gasteiger charge is 2.19. The Balaban J connectivity index is 1.75. The molecule has 1 atom stereocenters. The minimum Gasteiger partial charge on any atom is -0.376 e. The maximum atomic E-state index is 12.8. The largest absolute Gasteiger partial charge is 0.376 e. The molecule has 0 aliphatic carbocycles. The van der Waals surface area contributed by atoms with E-state index in [1.807, 2.05) is 6.92 Å². The molecule has 1 amide bonds. The molecule has 1 aliphatic heterocycles. The summed E-state index contributed by atoms with van der Waals surface area (Å²) in [6, 6.07) is 9.32. The van der Waals surface area contributed by atoms with Gasteiger partial charge >= 0.3 is 0 Å². The predicted octanol–water partition coefficient (Wildman–Crippen LogP) is 1.56. The molecule has 8 nitrogen and oxygen atoms in total. The number of sulfonamides is 1. The number of pyridine rings is 1.